The molecule has 2 aliphatic carbocycles. The summed E-state index contributed by atoms with van der Waals surface area (Å²) >= 11 is 3.37. The normalized spacial score (nSPS) is 27.1. The number of amides is 3. The van der Waals surface area contributed by atoms with Crippen LogP contribution in [0.2, 0.25) is 0 Å². The lowest BCUT2D eigenvalue weighted by molar-refractivity contribution is -0.162. The zero-order valence-electron chi connectivity index (χ0n) is 17.6. The van der Waals surface area contributed by atoms with Crippen LogP contribution in [-0.4, -0.2) is 41.2 Å². The average Bonchev–Trinajstić information content (AvgIpc) is 3.38. The predicted octanol–water partition coefficient (Wildman–Crippen LogP) is 3.07. The van der Waals surface area contributed by atoms with Gasteiger partial charge in [-0.1, -0.05) is 41.9 Å². The van der Waals surface area contributed by atoms with Crippen molar-refractivity contribution in [2.45, 2.75) is 33.2 Å². The van der Waals surface area contributed by atoms with E-state index in [1.54, 1.807) is 26.0 Å². The fraction of sp³-hybridized carbons (Fsp3) is 0.478. The van der Waals surface area contributed by atoms with E-state index in [0.717, 1.165) is 21.4 Å². The van der Waals surface area contributed by atoms with Gasteiger partial charge in [0.1, 0.15) is 6.04 Å². The van der Waals surface area contributed by atoms with Crippen LogP contribution < -0.4 is 5.32 Å². The Bertz CT molecular complexity index is 958. The third kappa shape index (κ3) is 3.82. The zero-order chi connectivity index (χ0) is 22.4. The van der Waals surface area contributed by atoms with Gasteiger partial charge in [-0.25, -0.2) is 4.79 Å². The maximum absolute atomic E-state index is 13.1. The summed E-state index contributed by atoms with van der Waals surface area (Å²) in [6.07, 6.45) is 4.85. The van der Waals surface area contributed by atoms with Crippen LogP contribution in [0.15, 0.2) is 34.8 Å². The van der Waals surface area contributed by atoms with Crippen molar-refractivity contribution in [3.63, 3.8) is 0 Å². The fourth-order valence-corrected chi connectivity index (χ4v) is 5.53. The zero-order valence-corrected chi connectivity index (χ0v) is 19.2. The molecule has 1 aromatic carbocycles. The van der Waals surface area contributed by atoms with E-state index >= 15 is 0 Å². The molecule has 31 heavy (non-hydrogen) atoms. The van der Waals surface area contributed by atoms with Crippen molar-refractivity contribution in [2.75, 3.05) is 11.9 Å². The molecule has 1 saturated heterocycles. The third-order valence-electron chi connectivity index (χ3n) is 6.46. The number of anilines is 1. The van der Waals surface area contributed by atoms with Crippen molar-refractivity contribution < 1.29 is 23.9 Å². The van der Waals surface area contributed by atoms with Crippen LogP contribution in [0.25, 0.3) is 0 Å². The minimum Gasteiger partial charge on any atom is -0.454 e. The van der Waals surface area contributed by atoms with E-state index in [-0.39, 0.29) is 41.4 Å². The lowest BCUT2D eigenvalue weighted by atomic mass is 9.85. The molecule has 0 aromatic heterocycles. The van der Waals surface area contributed by atoms with Gasteiger partial charge in [0.15, 0.2) is 6.61 Å². The van der Waals surface area contributed by atoms with Crippen LogP contribution in [0.1, 0.15) is 25.8 Å². The van der Waals surface area contributed by atoms with E-state index in [2.05, 4.69) is 21.2 Å². The second-order valence-corrected chi connectivity index (χ2v) is 9.77. The number of nitrogens with one attached hydrogen (secondary N) is 1. The van der Waals surface area contributed by atoms with Crippen LogP contribution in [0, 0.1) is 36.5 Å². The third-order valence-corrected chi connectivity index (χ3v) is 6.96. The first kappa shape index (κ1) is 21.7. The smallest absolute Gasteiger partial charge is 0.330 e. The number of carbonyl (C=O) groups excluding carboxylic acids is 4. The first-order valence-corrected chi connectivity index (χ1v) is 11.3. The minimum absolute atomic E-state index is 0.0696. The summed E-state index contributed by atoms with van der Waals surface area (Å²) in [5, 5.41) is 2.71. The number of halogens is 1. The molecule has 4 rings (SSSR count). The number of imide groups is 1. The van der Waals surface area contributed by atoms with Crippen molar-refractivity contribution >= 4 is 45.3 Å². The van der Waals surface area contributed by atoms with Gasteiger partial charge in [-0.3, -0.25) is 19.3 Å². The largest absolute Gasteiger partial charge is 0.454 e. The highest BCUT2D eigenvalue weighted by Gasteiger charge is 2.61. The summed E-state index contributed by atoms with van der Waals surface area (Å²) in [5.41, 5.74) is 1.47. The van der Waals surface area contributed by atoms with Crippen LogP contribution in [0.4, 0.5) is 5.69 Å². The van der Waals surface area contributed by atoms with Gasteiger partial charge in [0.05, 0.1) is 11.8 Å². The Hall–Kier alpha value is -2.48. The van der Waals surface area contributed by atoms with Crippen LogP contribution in [0.5, 0.6) is 0 Å². The topological polar surface area (TPSA) is 92.8 Å². The molecule has 8 heteroatoms. The Labute approximate surface area is 189 Å². The van der Waals surface area contributed by atoms with E-state index in [0.29, 0.717) is 5.69 Å². The monoisotopic (exact) mass is 488 g/mol. The Kier molecular flexibility index (Phi) is 5.77. The molecule has 7 nitrogen and oxygen atoms in total. The van der Waals surface area contributed by atoms with Crippen molar-refractivity contribution in [2.24, 2.45) is 29.6 Å². The first-order valence-electron chi connectivity index (χ1n) is 10.5. The Morgan fingerprint density at radius 3 is 2.32 bits per heavy atom. The van der Waals surface area contributed by atoms with Gasteiger partial charge in [0.25, 0.3) is 5.91 Å². The fourth-order valence-electron chi connectivity index (χ4n) is 5.05. The summed E-state index contributed by atoms with van der Waals surface area (Å²) in [7, 11) is 0. The number of ether oxygens (including phenoxy) is 1. The molecular formula is C23H25BrN2O5. The van der Waals surface area contributed by atoms with Gasteiger partial charge in [0, 0.05) is 10.2 Å². The van der Waals surface area contributed by atoms with Gasteiger partial charge in [-0.05, 0) is 54.9 Å². The summed E-state index contributed by atoms with van der Waals surface area (Å²) in [6, 6.07) is 4.37. The lowest BCUT2D eigenvalue weighted by Crippen LogP contribution is -2.50. The van der Waals surface area contributed by atoms with E-state index in [1.807, 2.05) is 25.1 Å². The van der Waals surface area contributed by atoms with E-state index < -0.39 is 24.5 Å². The summed E-state index contributed by atoms with van der Waals surface area (Å²) in [4.78, 5) is 52.4. The number of nitrogens with zero attached hydrogens (tertiary/aromatic N) is 1. The maximum Gasteiger partial charge on any atom is 0.330 e. The second kappa shape index (κ2) is 8.22. The van der Waals surface area contributed by atoms with Gasteiger partial charge in [-0.15, -0.1) is 0 Å². The van der Waals surface area contributed by atoms with E-state index in [4.69, 9.17) is 4.74 Å². The highest BCUT2D eigenvalue weighted by molar-refractivity contribution is 9.10. The highest BCUT2D eigenvalue weighted by atomic mass is 79.9. The lowest BCUT2D eigenvalue weighted by Gasteiger charge is -2.28. The molecular weight excluding hydrogens is 464 g/mol. The number of hydrogen-bond donors (Lipinski definition) is 1. The molecule has 0 spiro atoms. The molecule has 164 valence electrons. The Morgan fingerprint density at radius 1 is 1.16 bits per heavy atom. The molecule has 1 N–H and O–H groups in total. The number of fused-ring (bicyclic) bond motifs is 5. The molecule has 3 amide bonds. The Morgan fingerprint density at radius 2 is 1.77 bits per heavy atom. The molecule has 1 aromatic rings. The van der Waals surface area contributed by atoms with Crippen molar-refractivity contribution in [1.29, 1.82) is 0 Å². The van der Waals surface area contributed by atoms with E-state index in [9.17, 15) is 19.2 Å². The van der Waals surface area contributed by atoms with Crippen molar-refractivity contribution in [3.8, 4) is 0 Å². The summed E-state index contributed by atoms with van der Waals surface area (Å²) in [5.74, 6) is -2.75. The van der Waals surface area contributed by atoms with E-state index in [1.165, 1.54) is 0 Å². The number of allylic oxidation sites excluding steroid dienone is 2. The SMILES string of the molecule is Cc1cc(Br)ccc1NC(=O)COC(=O)[C@H](C(C)C)N1C(=O)[C@H]2[C@H](C1=O)[C@H]1C=C[C@H]2C1. The molecule has 5 atom stereocenters. The second-order valence-electron chi connectivity index (χ2n) is 8.85. The minimum atomic E-state index is -1.03. The molecule has 0 radical (unpaired) electrons. The molecule has 3 aliphatic rings. The number of benzene rings is 1. The number of aryl methyl sites for hydroxylation is 1. The molecule has 0 unspecified atom stereocenters. The molecule has 2 fully saturated rings. The van der Waals surface area contributed by atoms with Crippen LogP contribution >= 0.6 is 15.9 Å². The summed E-state index contributed by atoms with van der Waals surface area (Å²) < 4.78 is 6.13. The molecule has 2 bridgehead atoms. The standard InChI is InChI=1S/C23H25BrN2O5/c1-11(2)20(26-21(28)18-13-4-5-14(9-13)19(18)22(26)29)23(30)31-10-17(27)25-16-7-6-15(24)8-12(16)3/h4-8,11,13-14,18-20H,9-10H2,1-3H3,(H,25,27)/t13-,14-,18+,19+,20-/m0/s1. The quantitative estimate of drug-likeness (QED) is 0.377. The van der Waals surface area contributed by atoms with Gasteiger partial charge < -0.3 is 10.1 Å². The predicted molar refractivity (Wildman–Crippen MR) is 117 cm³/mol. The number of rotatable bonds is 6. The number of likely N-dealkylation sites (tertiary alicyclic amines) is 1. The average molecular weight is 489 g/mol. The Balaban J connectivity index is 1.42. The van der Waals surface area contributed by atoms with Crippen molar-refractivity contribution in [3.05, 3.63) is 40.4 Å². The molecule has 1 heterocycles. The van der Waals surface area contributed by atoms with Crippen LogP contribution in [0.3, 0.4) is 0 Å². The number of hydrogen-bond acceptors (Lipinski definition) is 5. The summed E-state index contributed by atoms with van der Waals surface area (Å²) in [6.45, 7) is 4.88. The van der Waals surface area contributed by atoms with Gasteiger partial charge in [-0.2, -0.15) is 0 Å². The first-order chi connectivity index (χ1) is 14.7. The van der Waals surface area contributed by atoms with Crippen LogP contribution in [-0.2, 0) is 23.9 Å². The van der Waals surface area contributed by atoms with Crippen molar-refractivity contribution in [1.82, 2.24) is 4.90 Å². The molecule has 1 aliphatic heterocycles. The van der Waals surface area contributed by atoms with Gasteiger partial charge in [0.2, 0.25) is 11.8 Å². The molecule has 1 saturated carbocycles. The number of esters is 1. The number of carbonyl (C=O) groups is 4. The van der Waals surface area contributed by atoms with Gasteiger partial charge >= 0.3 is 5.97 Å². The maximum atomic E-state index is 13.1. The highest BCUT2D eigenvalue weighted by Crippen LogP contribution is 2.53.